The van der Waals surface area contributed by atoms with Crippen LogP contribution in [0.5, 0.6) is 0 Å². The van der Waals surface area contributed by atoms with Crippen LogP contribution in [0.4, 0.5) is 0 Å². The Hall–Kier alpha value is -1.82. The molecule has 0 heteroatoms. The van der Waals surface area contributed by atoms with Crippen molar-refractivity contribution in [3.8, 4) is 0 Å². The van der Waals surface area contributed by atoms with E-state index in [4.69, 9.17) is 0 Å². The molecule has 0 aromatic heterocycles. The molecular formula is C17H18. The maximum Gasteiger partial charge on any atom is -0.00257 e. The third kappa shape index (κ3) is 3.07. The van der Waals surface area contributed by atoms with E-state index in [1.807, 2.05) is 6.07 Å². The molecule has 2 rings (SSSR count). The number of hydrogen-bond acceptors (Lipinski definition) is 0. The van der Waals surface area contributed by atoms with E-state index >= 15 is 0 Å². The minimum atomic E-state index is 0.880. The molecule has 17 heavy (non-hydrogen) atoms. The molecule has 0 unspecified atom stereocenters. The van der Waals surface area contributed by atoms with Gasteiger partial charge in [0.15, 0.2) is 0 Å². The highest BCUT2D eigenvalue weighted by molar-refractivity contribution is 5.51. The predicted molar refractivity (Wildman–Crippen MR) is 74.9 cm³/mol. The predicted octanol–water partition coefficient (Wildman–Crippen LogP) is 4.62. The van der Waals surface area contributed by atoms with Crippen LogP contribution in [0.2, 0.25) is 0 Å². The first-order valence-electron chi connectivity index (χ1n) is 6.05. The van der Waals surface area contributed by atoms with E-state index in [1.165, 1.54) is 11.1 Å². The molecule has 0 saturated carbocycles. The number of rotatable bonds is 4. The Kier molecular flexibility index (Phi) is 3.77. The zero-order valence-corrected chi connectivity index (χ0v) is 10.2. The van der Waals surface area contributed by atoms with Crippen LogP contribution in [-0.2, 0) is 6.42 Å². The maximum atomic E-state index is 4.16. The van der Waals surface area contributed by atoms with Crippen LogP contribution < -0.4 is 0 Å². The summed E-state index contributed by atoms with van der Waals surface area (Å²) < 4.78 is 0. The monoisotopic (exact) mass is 222 g/mol. The minimum Gasteiger partial charge on any atom is -0.0949 e. The Morgan fingerprint density at radius 1 is 1.06 bits per heavy atom. The van der Waals surface area contributed by atoms with Gasteiger partial charge in [-0.05, 0) is 41.5 Å². The van der Waals surface area contributed by atoms with Crippen molar-refractivity contribution in [3.63, 3.8) is 0 Å². The average Bonchev–Trinajstić information content (AvgIpc) is 2.40. The highest BCUT2D eigenvalue weighted by atomic mass is 14.1. The van der Waals surface area contributed by atoms with E-state index < -0.39 is 0 Å². The number of benzene rings is 1. The summed E-state index contributed by atoms with van der Waals surface area (Å²) in [6.07, 6.45) is 9.74. The fourth-order valence-corrected chi connectivity index (χ4v) is 1.99. The van der Waals surface area contributed by atoms with Gasteiger partial charge in [0.25, 0.3) is 0 Å². The molecule has 1 aliphatic rings. The van der Waals surface area contributed by atoms with E-state index in [1.54, 1.807) is 0 Å². The Labute approximate surface area is 104 Å². The summed E-state index contributed by atoms with van der Waals surface area (Å²) in [6, 6.07) is 10.4. The zero-order chi connectivity index (χ0) is 12.1. The van der Waals surface area contributed by atoms with Crippen molar-refractivity contribution in [2.45, 2.75) is 19.3 Å². The van der Waals surface area contributed by atoms with Crippen molar-refractivity contribution in [1.29, 1.82) is 0 Å². The van der Waals surface area contributed by atoms with E-state index in [9.17, 15) is 0 Å². The number of allylic oxidation sites excluding steroid dienone is 6. The van der Waals surface area contributed by atoms with Gasteiger partial charge in [0, 0.05) is 0 Å². The molecule has 0 saturated heterocycles. The fourth-order valence-electron chi connectivity index (χ4n) is 1.99. The lowest BCUT2D eigenvalue weighted by atomic mass is 9.92. The second-order valence-corrected chi connectivity index (χ2v) is 4.38. The van der Waals surface area contributed by atoms with Gasteiger partial charge in [-0.15, -0.1) is 0 Å². The third-order valence-corrected chi connectivity index (χ3v) is 3.03. The van der Waals surface area contributed by atoms with Crippen LogP contribution in [-0.4, -0.2) is 0 Å². The third-order valence-electron chi connectivity index (χ3n) is 3.03. The smallest absolute Gasteiger partial charge is 0.00257 e. The van der Waals surface area contributed by atoms with Crippen molar-refractivity contribution in [3.05, 3.63) is 84.0 Å². The lowest BCUT2D eigenvalue weighted by Crippen LogP contribution is -1.96. The molecule has 0 radical (unpaired) electrons. The van der Waals surface area contributed by atoms with Crippen molar-refractivity contribution in [2.75, 3.05) is 0 Å². The summed E-state index contributed by atoms with van der Waals surface area (Å²) in [6.45, 7) is 8.31. The largest absolute Gasteiger partial charge is 0.0949 e. The van der Waals surface area contributed by atoms with Crippen LogP contribution in [0.15, 0.2) is 78.4 Å². The Morgan fingerprint density at radius 3 is 2.47 bits per heavy atom. The van der Waals surface area contributed by atoms with Crippen molar-refractivity contribution in [2.24, 2.45) is 0 Å². The SMILES string of the molecule is C=C(Cc1ccccc1)C(=C)C1=CCCC=C1. The summed E-state index contributed by atoms with van der Waals surface area (Å²) in [4.78, 5) is 0. The quantitative estimate of drug-likeness (QED) is 0.652. The van der Waals surface area contributed by atoms with Gasteiger partial charge in [-0.2, -0.15) is 0 Å². The molecule has 86 valence electrons. The Bertz CT molecular complexity index is 472. The molecule has 0 atom stereocenters. The fraction of sp³-hybridized carbons (Fsp3) is 0.176. The van der Waals surface area contributed by atoms with Gasteiger partial charge in [-0.1, -0.05) is 61.7 Å². The highest BCUT2D eigenvalue weighted by Crippen LogP contribution is 2.24. The van der Waals surface area contributed by atoms with Gasteiger partial charge >= 0.3 is 0 Å². The van der Waals surface area contributed by atoms with Crippen LogP contribution >= 0.6 is 0 Å². The van der Waals surface area contributed by atoms with Crippen molar-refractivity contribution < 1.29 is 0 Å². The molecule has 0 nitrogen and oxygen atoms in total. The molecular weight excluding hydrogens is 204 g/mol. The molecule has 1 aromatic carbocycles. The van der Waals surface area contributed by atoms with Crippen LogP contribution in [0, 0.1) is 0 Å². The van der Waals surface area contributed by atoms with E-state index in [-0.39, 0.29) is 0 Å². The second-order valence-electron chi connectivity index (χ2n) is 4.38. The molecule has 0 bridgehead atoms. The molecule has 0 amide bonds. The van der Waals surface area contributed by atoms with Gasteiger partial charge in [0.1, 0.15) is 0 Å². The van der Waals surface area contributed by atoms with Gasteiger partial charge in [-0.3, -0.25) is 0 Å². The second kappa shape index (κ2) is 5.49. The van der Waals surface area contributed by atoms with Crippen LogP contribution in [0.25, 0.3) is 0 Å². The molecule has 1 aliphatic carbocycles. The Morgan fingerprint density at radius 2 is 1.82 bits per heavy atom. The average molecular weight is 222 g/mol. The summed E-state index contributed by atoms with van der Waals surface area (Å²) >= 11 is 0. The molecule has 0 N–H and O–H groups in total. The summed E-state index contributed by atoms with van der Waals surface area (Å²) in [7, 11) is 0. The highest BCUT2D eigenvalue weighted by Gasteiger charge is 2.06. The summed E-state index contributed by atoms with van der Waals surface area (Å²) in [5, 5.41) is 0. The molecule has 0 fully saturated rings. The molecule has 0 spiro atoms. The standard InChI is InChI=1S/C17H18/c1-14(13-16-9-5-3-6-10-16)15(2)17-11-7-4-8-12-17/h3,5-7,9-12H,1-2,4,8,13H2. The first-order valence-corrected chi connectivity index (χ1v) is 6.05. The minimum absolute atomic E-state index is 0.880. The number of hydrogen-bond donors (Lipinski definition) is 0. The van der Waals surface area contributed by atoms with Gasteiger partial charge in [-0.25, -0.2) is 0 Å². The Balaban J connectivity index is 2.03. The van der Waals surface area contributed by atoms with E-state index in [2.05, 4.69) is 55.7 Å². The topological polar surface area (TPSA) is 0 Å². The molecule has 1 aromatic rings. The van der Waals surface area contributed by atoms with Gasteiger partial charge in [0.2, 0.25) is 0 Å². The van der Waals surface area contributed by atoms with E-state index in [0.29, 0.717) is 0 Å². The lowest BCUT2D eigenvalue weighted by molar-refractivity contribution is 1.02. The molecule has 0 aliphatic heterocycles. The normalized spacial score (nSPS) is 14.2. The molecule has 0 heterocycles. The van der Waals surface area contributed by atoms with Crippen LogP contribution in [0.1, 0.15) is 18.4 Å². The first kappa shape index (κ1) is 11.7. The zero-order valence-electron chi connectivity index (χ0n) is 10.2. The summed E-state index contributed by atoms with van der Waals surface area (Å²) in [5.41, 5.74) is 4.70. The maximum absolute atomic E-state index is 4.16. The first-order chi connectivity index (χ1) is 8.27. The summed E-state index contributed by atoms with van der Waals surface area (Å²) in [5.74, 6) is 0. The van der Waals surface area contributed by atoms with Crippen molar-refractivity contribution in [1.82, 2.24) is 0 Å². The van der Waals surface area contributed by atoms with E-state index in [0.717, 1.165) is 30.4 Å². The van der Waals surface area contributed by atoms with Crippen LogP contribution in [0.3, 0.4) is 0 Å². The lowest BCUT2D eigenvalue weighted by Gasteiger charge is -2.13. The van der Waals surface area contributed by atoms with Gasteiger partial charge < -0.3 is 0 Å². The van der Waals surface area contributed by atoms with Crippen molar-refractivity contribution >= 4 is 0 Å². The van der Waals surface area contributed by atoms with Gasteiger partial charge in [0.05, 0.1) is 0 Å².